The van der Waals surface area contributed by atoms with Gasteiger partial charge in [0.05, 0.1) is 0 Å². The molecular formula is C21H34O. The monoisotopic (exact) mass is 302 g/mol. The van der Waals surface area contributed by atoms with E-state index in [1.165, 1.54) is 56.9 Å². The predicted molar refractivity (Wildman–Crippen MR) is 98.3 cm³/mol. The van der Waals surface area contributed by atoms with E-state index in [0.717, 1.165) is 17.9 Å². The number of benzene rings is 1. The minimum Gasteiger partial charge on any atom is -0.507 e. The van der Waals surface area contributed by atoms with E-state index in [9.17, 15) is 5.11 Å². The van der Waals surface area contributed by atoms with Gasteiger partial charge < -0.3 is 5.11 Å². The molecule has 1 rings (SSSR count). The van der Waals surface area contributed by atoms with Crippen LogP contribution in [0.4, 0.5) is 0 Å². The zero-order chi connectivity index (χ0) is 16.2. The molecule has 0 spiro atoms. The molecule has 0 amide bonds. The number of phenols is 1. The molecule has 1 aromatic carbocycles. The molecule has 1 nitrogen and oxygen atoms in total. The van der Waals surface area contributed by atoms with E-state index in [2.05, 4.69) is 19.9 Å². The Hall–Kier alpha value is -1.24. The van der Waals surface area contributed by atoms with Gasteiger partial charge in [0.1, 0.15) is 5.75 Å². The normalized spacial score (nSPS) is 11.6. The summed E-state index contributed by atoms with van der Waals surface area (Å²) >= 11 is 0. The number of aromatic hydroxyl groups is 1. The summed E-state index contributed by atoms with van der Waals surface area (Å²) in [6.07, 6.45) is 16.0. The lowest BCUT2D eigenvalue weighted by atomic mass is 10.0. The predicted octanol–water partition coefficient (Wildman–Crippen LogP) is 6.74. The summed E-state index contributed by atoms with van der Waals surface area (Å²) in [4.78, 5) is 0. The van der Waals surface area contributed by atoms with Crippen molar-refractivity contribution in [2.45, 2.75) is 78.6 Å². The van der Waals surface area contributed by atoms with Crippen molar-refractivity contribution in [2.75, 3.05) is 0 Å². The minimum absolute atomic E-state index is 0.378. The van der Waals surface area contributed by atoms with Crippen molar-refractivity contribution in [3.05, 3.63) is 35.4 Å². The second-order valence-corrected chi connectivity index (χ2v) is 6.80. The molecule has 0 aliphatic rings. The average molecular weight is 303 g/mol. The highest BCUT2D eigenvalue weighted by atomic mass is 16.3. The Kier molecular flexibility index (Phi) is 9.70. The molecule has 1 aromatic rings. The molecule has 0 heterocycles. The molecule has 0 saturated heterocycles. The number of allylic oxidation sites excluding steroid dienone is 1. The van der Waals surface area contributed by atoms with E-state index in [4.69, 9.17) is 0 Å². The van der Waals surface area contributed by atoms with Gasteiger partial charge in [0.25, 0.3) is 0 Å². The van der Waals surface area contributed by atoms with Crippen LogP contribution in [0.5, 0.6) is 5.75 Å². The average Bonchev–Trinajstić information content (AvgIpc) is 2.48. The molecule has 22 heavy (non-hydrogen) atoms. The number of aryl methyl sites for hydroxylation is 1. The highest BCUT2D eigenvalue weighted by molar-refractivity contribution is 5.57. The van der Waals surface area contributed by atoms with Crippen molar-refractivity contribution in [1.82, 2.24) is 0 Å². The SMILES string of the molecule is CC=Cc1cc(CCCCCCCCCC(C)C)ccc1O. The molecule has 124 valence electrons. The highest BCUT2D eigenvalue weighted by Crippen LogP contribution is 2.21. The van der Waals surface area contributed by atoms with Gasteiger partial charge in [-0.05, 0) is 43.4 Å². The molecule has 0 bridgehead atoms. The second kappa shape index (κ2) is 11.3. The molecule has 0 aliphatic heterocycles. The molecule has 0 aliphatic carbocycles. The summed E-state index contributed by atoms with van der Waals surface area (Å²) in [5, 5.41) is 9.76. The van der Waals surface area contributed by atoms with Crippen molar-refractivity contribution < 1.29 is 5.11 Å². The molecule has 0 radical (unpaired) electrons. The minimum atomic E-state index is 0.378. The van der Waals surface area contributed by atoms with E-state index in [1.807, 2.05) is 31.2 Å². The first-order valence-electron chi connectivity index (χ1n) is 9.08. The van der Waals surface area contributed by atoms with Crippen molar-refractivity contribution in [3.8, 4) is 5.75 Å². The molecule has 1 N–H and O–H groups in total. The van der Waals surface area contributed by atoms with Gasteiger partial charge in [-0.3, -0.25) is 0 Å². The Labute approximate surface area is 137 Å². The summed E-state index contributed by atoms with van der Waals surface area (Å²) in [7, 11) is 0. The van der Waals surface area contributed by atoms with Gasteiger partial charge in [-0.15, -0.1) is 0 Å². The number of unbranched alkanes of at least 4 members (excludes halogenated alkanes) is 6. The van der Waals surface area contributed by atoms with E-state index in [1.54, 1.807) is 0 Å². The Morgan fingerprint density at radius 3 is 2.23 bits per heavy atom. The maximum Gasteiger partial charge on any atom is 0.122 e. The van der Waals surface area contributed by atoms with Crippen LogP contribution in [0.25, 0.3) is 6.08 Å². The summed E-state index contributed by atoms with van der Waals surface area (Å²) < 4.78 is 0. The highest BCUT2D eigenvalue weighted by Gasteiger charge is 2.00. The maximum atomic E-state index is 9.76. The van der Waals surface area contributed by atoms with Gasteiger partial charge in [-0.25, -0.2) is 0 Å². The van der Waals surface area contributed by atoms with E-state index < -0.39 is 0 Å². The number of hydrogen-bond donors (Lipinski definition) is 1. The van der Waals surface area contributed by atoms with Gasteiger partial charge in [0, 0.05) is 5.56 Å². The Balaban J connectivity index is 2.11. The largest absolute Gasteiger partial charge is 0.507 e. The zero-order valence-corrected chi connectivity index (χ0v) is 14.8. The van der Waals surface area contributed by atoms with Crippen LogP contribution in [0.1, 0.15) is 83.3 Å². The van der Waals surface area contributed by atoms with Gasteiger partial charge in [0.2, 0.25) is 0 Å². The van der Waals surface area contributed by atoms with Crippen molar-refractivity contribution >= 4 is 6.08 Å². The van der Waals surface area contributed by atoms with E-state index >= 15 is 0 Å². The number of rotatable bonds is 11. The fraction of sp³-hybridized carbons (Fsp3) is 0.619. The van der Waals surface area contributed by atoms with E-state index in [0.29, 0.717) is 5.75 Å². The van der Waals surface area contributed by atoms with Crippen LogP contribution in [0, 0.1) is 5.92 Å². The zero-order valence-electron chi connectivity index (χ0n) is 14.8. The van der Waals surface area contributed by atoms with Gasteiger partial charge in [-0.2, -0.15) is 0 Å². The topological polar surface area (TPSA) is 20.2 Å². The third kappa shape index (κ3) is 8.26. The molecule has 0 atom stereocenters. The summed E-state index contributed by atoms with van der Waals surface area (Å²) in [6, 6.07) is 5.98. The third-order valence-corrected chi connectivity index (χ3v) is 4.19. The van der Waals surface area contributed by atoms with Crippen LogP contribution >= 0.6 is 0 Å². The van der Waals surface area contributed by atoms with Crippen LogP contribution in [-0.4, -0.2) is 5.11 Å². The Morgan fingerprint density at radius 1 is 0.955 bits per heavy atom. The maximum absolute atomic E-state index is 9.76. The van der Waals surface area contributed by atoms with Crippen LogP contribution in [0.3, 0.4) is 0 Å². The molecule has 1 heteroatoms. The smallest absolute Gasteiger partial charge is 0.122 e. The summed E-state index contributed by atoms with van der Waals surface area (Å²) in [5.74, 6) is 1.24. The first kappa shape index (κ1) is 18.8. The van der Waals surface area contributed by atoms with Crippen LogP contribution in [-0.2, 0) is 6.42 Å². The van der Waals surface area contributed by atoms with Gasteiger partial charge >= 0.3 is 0 Å². The van der Waals surface area contributed by atoms with Crippen LogP contribution in [0.2, 0.25) is 0 Å². The van der Waals surface area contributed by atoms with Crippen molar-refractivity contribution in [2.24, 2.45) is 5.92 Å². The first-order chi connectivity index (χ1) is 10.6. The first-order valence-corrected chi connectivity index (χ1v) is 9.08. The number of hydrogen-bond acceptors (Lipinski definition) is 1. The van der Waals surface area contributed by atoms with Crippen molar-refractivity contribution in [1.29, 1.82) is 0 Å². The molecular weight excluding hydrogens is 268 g/mol. The lowest BCUT2D eigenvalue weighted by Crippen LogP contribution is -1.89. The van der Waals surface area contributed by atoms with Crippen LogP contribution in [0.15, 0.2) is 24.3 Å². The summed E-state index contributed by atoms with van der Waals surface area (Å²) in [6.45, 7) is 6.60. The number of phenolic OH excluding ortho intramolecular Hbond substituents is 1. The van der Waals surface area contributed by atoms with Gasteiger partial charge in [-0.1, -0.05) is 77.0 Å². The second-order valence-electron chi connectivity index (χ2n) is 6.80. The standard InChI is InChI=1S/C21H34O/c1-4-12-20-17-19(15-16-21(20)22)14-11-9-7-5-6-8-10-13-18(2)3/h4,12,15-18,22H,5-11,13-14H2,1-3H3. The molecule has 0 aromatic heterocycles. The fourth-order valence-corrected chi connectivity index (χ4v) is 2.84. The lowest BCUT2D eigenvalue weighted by Gasteiger charge is -2.06. The fourth-order valence-electron chi connectivity index (χ4n) is 2.84. The Bertz CT molecular complexity index is 432. The molecule has 0 saturated carbocycles. The van der Waals surface area contributed by atoms with Gasteiger partial charge in [0.15, 0.2) is 0 Å². The quantitative estimate of drug-likeness (QED) is 0.448. The molecule has 0 unspecified atom stereocenters. The Morgan fingerprint density at radius 2 is 1.59 bits per heavy atom. The van der Waals surface area contributed by atoms with Crippen LogP contribution < -0.4 is 0 Å². The van der Waals surface area contributed by atoms with E-state index in [-0.39, 0.29) is 0 Å². The van der Waals surface area contributed by atoms with Crippen molar-refractivity contribution in [3.63, 3.8) is 0 Å². The molecule has 0 fully saturated rings. The lowest BCUT2D eigenvalue weighted by molar-refractivity contribution is 0.473. The third-order valence-electron chi connectivity index (χ3n) is 4.19. The summed E-state index contributed by atoms with van der Waals surface area (Å²) in [5.41, 5.74) is 2.27.